The molecule has 1 aliphatic rings. The number of nitrogens with one attached hydrogen (secondary N) is 3. The highest BCUT2D eigenvalue weighted by atomic mass is 32.2. The van der Waals surface area contributed by atoms with Gasteiger partial charge in [-0.1, -0.05) is 0 Å². The Bertz CT molecular complexity index is 548. The lowest BCUT2D eigenvalue weighted by atomic mass is 10.1. The predicted molar refractivity (Wildman–Crippen MR) is 79.8 cm³/mol. The maximum atomic E-state index is 4.56. The molecule has 0 spiro atoms. The Morgan fingerprint density at radius 3 is 3.00 bits per heavy atom. The van der Waals surface area contributed by atoms with Crippen LogP contribution in [-0.4, -0.2) is 44.3 Å². The van der Waals surface area contributed by atoms with Crippen molar-refractivity contribution in [1.82, 2.24) is 20.2 Å². The first kappa shape index (κ1) is 12.5. The first-order chi connectivity index (χ1) is 9.36. The van der Waals surface area contributed by atoms with E-state index in [1.165, 1.54) is 24.3 Å². The van der Waals surface area contributed by atoms with Gasteiger partial charge in [-0.15, -0.1) is 0 Å². The molecule has 3 heterocycles. The average molecular weight is 278 g/mol. The third kappa shape index (κ3) is 2.75. The molecular weight excluding hydrogens is 260 g/mol. The molecule has 1 aliphatic heterocycles. The number of hydrogen-bond donors (Lipinski definition) is 3. The zero-order chi connectivity index (χ0) is 13.1. The van der Waals surface area contributed by atoms with Gasteiger partial charge in [-0.3, -0.25) is 5.10 Å². The Morgan fingerprint density at radius 2 is 2.21 bits per heavy atom. The molecule has 102 valence electrons. The minimum atomic E-state index is 0.503. The fourth-order valence-corrected chi connectivity index (χ4v) is 3.32. The van der Waals surface area contributed by atoms with Gasteiger partial charge in [-0.25, -0.2) is 0 Å². The molecule has 2 aromatic heterocycles. The van der Waals surface area contributed by atoms with Crippen molar-refractivity contribution in [2.45, 2.75) is 25.8 Å². The van der Waals surface area contributed by atoms with E-state index in [0.29, 0.717) is 12.0 Å². The third-order valence-electron chi connectivity index (χ3n) is 3.21. The largest absolute Gasteiger partial charge is 0.367 e. The number of aromatic amines is 1. The summed E-state index contributed by atoms with van der Waals surface area (Å²) in [5, 5.41) is 14.6. The fraction of sp³-hybridized carbons (Fsp3) is 0.583. The van der Waals surface area contributed by atoms with E-state index in [1.54, 1.807) is 6.20 Å². The number of H-pyrrole nitrogens is 1. The second-order valence-electron chi connectivity index (χ2n) is 4.59. The standard InChI is InChI=1S/C12H18N6S/c1-2-13-12-16-10(9-7-14-18-11(9)17-12)15-8-3-5-19-6-4-8/h7-8H,2-6H2,1H3,(H3,13,14,15,16,17,18). The Labute approximate surface area is 116 Å². The van der Waals surface area contributed by atoms with Crippen LogP contribution in [0.4, 0.5) is 11.8 Å². The summed E-state index contributed by atoms with van der Waals surface area (Å²) >= 11 is 2.02. The second kappa shape index (κ2) is 5.64. The second-order valence-corrected chi connectivity index (χ2v) is 5.81. The van der Waals surface area contributed by atoms with E-state index in [1.807, 2.05) is 18.7 Å². The van der Waals surface area contributed by atoms with Gasteiger partial charge in [0, 0.05) is 12.6 Å². The third-order valence-corrected chi connectivity index (χ3v) is 4.26. The minimum absolute atomic E-state index is 0.503. The maximum absolute atomic E-state index is 4.56. The molecule has 3 N–H and O–H groups in total. The smallest absolute Gasteiger partial charge is 0.226 e. The van der Waals surface area contributed by atoms with Gasteiger partial charge >= 0.3 is 0 Å². The summed E-state index contributed by atoms with van der Waals surface area (Å²) in [4.78, 5) is 8.95. The number of hydrogen-bond acceptors (Lipinski definition) is 6. The molecule has 3 rings (SSSR count). The first-order valence-corrected chi connectivity index (χ1v) is 7.81. The van der Waals surface area contributed by atoms with Crippen LogP contribution in [0.15, 0.2) is 6.20 Å². The van der Waals surface area contributed by atoms with Crippen molar-refractivity contribution in [2.75, 3.05) is 28.7 Å². The molecule has 1 saturated heterocycles. The van der Waals surface area contributed by atoms with Crippen molar-refractivity contribution < 1.29 is 0 Å². The summed E-state index contributed by atoms with van der Waals surface area (Å²) < 4.78 is 0. The van der Waals surface area contributed by atoms with Gasteiger partial charge in [0.15, 0.2) is 5.65 Å². The van der Waals surface area contributed by atoms with Crippen molar-refractivity contribution in [3.63, 3.8) is 0 Å². The average Bonchev–Trinajstić information content (AvgIpc) is 2.89. The van der Waals surface area contributed by atoms with E-state index >= 15 is 0 Å². The molecule has 2 aromatic rings. The Balaban J connectivity index is 1.88. The van der Waals surface area contributed by atoms with E-state index in [2.05, 4.69) is 30.8 Å². The zero-order valence-corrected chi connectivity index (χ0v) is 11.8. The van der Waals surface area contributed by atoms with E-state index in [0.717, 1.165) is 23.4 Å². The quantitative estimate of drug-likeness (QED) is 0.795. The summed E-state index contributed by atoms with van der Waals surface area (Å²) in [5.41, 5.74) is 0.777. The highest BCUT2D eigenvalue weighted by Gasteiger charge is 2.16. The summed E-state index contributed by atoms with van der Waals surface area (Å²) in [5.74, 6) is 3.97. The highest BCUT2D eigenvalue weighted by molar-refractivity contribution is 7.99. The lowest BCUT2D eigenvalue weighted by Gasteiger charge is -2.23. The normalized spacial score (nSPS) is 16.7. The van der Waals surface area contributed by atoms with Gasteiger partial charge in [0.2, 0.25) is 5.95 Å². The molecule has 6 nitrogen and oxygen atoms in total. The maximum Gasteiger partial charge on any atom is 0.226 e. The van der Waals surface area contributed by atoms with Gasteiger partial charge in [0.25, 0.3) is 0 Å². The molecular formula is C12H18N6S. The van der Waals surface area contributed by atoms with Crippen LogP contribution in [0.1, 0.15) is 19.8 Å². The van der Waals surface area contributed by atoms with Crippen LogP contribution in [0.3, 0.4) is 0 Å². The van der Waals surface area contributed by atoms with Crippen molar-refractivity contribution >= 4 is 34.6 Å². The Morgan fingerprint density at radius 1 is 1.37 bits per heavy atom. The number of thioether (sulfide) groups is 1. The monoisotopic (exact) mass is 278 g/mol. The first-order valence-electron chi connectivity index (χ1n) is 6.66. The van der Waals surface area contributed by atoms with Crippen LogP contribution < -0.4 is 10.6 Å². The van der Waals surface area contributed by atoms with Crippen LogP contribution in [0.5, 0.6) is 0 Å². The number of aromatic nitrogens is 4. The van der Waals surface area contributed by atoms with Crippen LogP contribution in [0, 0.1) is 0 Å². The zero-order valence-electron chi connectivity index (χ0n) is 10.9. The van der Waals surface area contributed by atoms with Crippen LogP contribution in [0.25, 0.3) is 11.0 Å². The molecule has 0 saturated carbocycles. The Kier molecular flexibility index (Phi) is 3.72. The summed E-state index contributed by atoms with van der Waals surface area (Å²) in [6, 6.07) is 0.503. The van der Waals surface area contributed by atoms with Crippen LogP contribution >= 0.6 is 11.8 Å². The molecule has 0 bridgehead atoms. The highest BCUT2D eigenvalue weighted by Crippen LogP contribution is 2.24. The molecule has 7 heteroatoms. The van der Waals surface area contributed by atoms with Crippen LogP contribution in [0.2, 0.25) is 0 Å². The number of fused-ring (bicyclic) bond motifs is 1. The van der Waals surface area contributed by atoms with E-state index in [4.69, 9.17) is 0 Å². The van der Waals surface area contributed by atoms with Gasteiger partial charge in [0.1, 0.15) is 5.82 Å². The summed E-state index contributed by atoms with van der Waals surface area (Å²) in [7, 11) is 0. The summed E-state index contributed by atoms with van der Waals surface area (Å²) in [6.45, 7) is 2.84. The molecule has 1 fully saturated rings. The predicted octanol–water partition coefficient (Wildman–Crippen LogP) is 2.09. The van der Waals surface area contributed by atoms with Crippen LogP contribution in [-0.2, 0) is 0 Å². The SMILES string of the molecule is CCNc1nc(NC2CCSCC2)c2cn[nH]c2n1. The van der Waals surface area contributed by atoms with Crippen molar-refractivity contribution in [1.29, 1.82) is 0 Å². The molecule has 0 aromatic carbocycles. The van der Waals surface area contributed by atoms with E-state index in [-0.39, 0.29) is 0 Å². The molecule has 0 amide bonds. The lowest BCUT2D eigenvalue weighted by molar-refractivity contribution is 0.664. The summed E-state index contributed by atoms with van der Waals surface area (Å²) in [6.07, 6.45) is 4.15. The van der Waals surface area contributed by atoms with Crippen molar-refractivity contribution in [3.8, 4) is 0 Å². The molecule has 0 radical (unpaired) electrons. The number of anilines is 2. The van der Waals surface area contributed by atoms with Gasteiger partial charge < -0.3 is 10.6 Å². The van der Waals surface area contributed by atoms with Crippen molar-refractivity contribution in [2.24, 2.45) is 0 Å². The fourth-order valence-electron chi connectivity index (χ4n) is 2.22. The van der Waals surface area contributed by atoms with Gasteiger partial charge in [-0.05, 0) is 31.3 Å². The Hall–Kier alpha value is -1.50. The topological polar surface area (TPSA) is 78.5 Å². The van der Waals surface area contributed by atoms with E-state index < -0.39 is 0 Å². The van der Waals surface area contributed by atoms with Gasteiger partial charge in [0.05, 0.1) is 11.6 Å². The van der Waals surface area contributed by atoms with Crippen molar-refractivity contribution in [3.05, 3.63) is 6.20 Å². The number of nitrogens with zero attached hydrogens (tertiary/aromatic N) is 3. The molecule has 0 aliphatic carbocycles. The minimum Gasteiger partial charge on any atom is -0.367 e. The molecule has 0 atom stereocenters. The van der Waals surface area contributed by atoms with Gasteiger partial charge in [-0.2, -0.15) is 26.8 Å². The molecule has 19 heavy (non-hydrogen) atoms. The number of rotatable bonds is 4. The lowest BCUT2D eigenvalue weighted by Crippen LogP contribution is -2.25. The molecule has 0 unspecified atom stereocenters. The van der Waals surface area contributed by atoms with E-state index in [9.17, 15) is 0 Å².